The number of benzene rings is 1. The summed E-state index contributed by atoms with van der Waals surface area (Å²) in [5, 5.41) is 6.77. The summed E-state index contributed by atoms with van der Waals surface area (Å²) >= 11 is 0. The van der Waals surface area contributed by atoms with E-state index in [9.17, 15) is 13.2 Å². The third kappa shape index (κ3) is 11.4. The molecule has 9 heteroatoms. The molecular formula is C22H37F3IN5. The van der Waals surface area contributed by atoms with E-state index in [0.717, 1.165) is 38.4 Å². The SMILES string of the molecule is CCNC(=NCCCN(C)CC(F)(F)F)NC1CCN(Cc2ccccc2)C(C)C1.I. The van der Waals surface area contributed by atoms with Crippen LogP contribution in [-0.2, 0) is 6.54 Å². The first-order valence-corrected chi connectivity index (χ1v) is 10.8. The maximum Gasteiger partial charge on any atom is 0.401 e. The maximum atomic E-state index is 12.4. The number of halogens is 4. The fourth-order valence-electron chi connectivity index (χ4n) is 3.83. The maximum absolute atomic E-state index is 12.4. The van der Waals surface area contributed by atoms with E-state index >= 15 is 0 Å². The van der Waals surface area contributed by atoms with Crippen molar-refractivity contribution in [2.45, 2.75) is 57.9 Å². The van der Waals surface area contributed by atoms with Gasteiger partial charge in [0.25, 0.3) is 0 Å². The van der Waals surface area contributed by atoms with E-state index in [-0.39, 0.29) is 24.0 Å². The van der Waals surface area contributed by atoms with Crippen molar-refractivity contribution in [1.82, 2.24) is 20.4 Å². The predicted molar refractivity (Wildman–Crippen MR) is 132 cm³/mol. The minimum Gasteiger partial charge on any atom is -0.357 e. The van der Waals surface area contributed by atoms with E-state index in [1.54, 1.807) is 0 Å². The van der Waals surface area contributed by atoms with E-state index < -0.39 is 12.7 Å². The molecule has 0 spiro atoms. The summed E-state index contributed by atoms with van der Waals surface area (Å²) in [7, 11) is 1.49. The molecule has 31 heavy (non-hydrogen) atoms. The first-order valence-electron chi connectivity index (χ1n) is 10.8. The molecule has 0 bridgehead atoms. The molecule has 2 unspecified atom stereocenters. The lowest BCUT2D eigenvalue weighted by molar-refractivity contribution is -0.143. The van der Waals surface area contributed by atoms with E-state index in [0.29, 0.717) is 31.6 Å². The molecule has 1 heterocycles. The number of guanidine groups is 1. The van der Waals surface area contributed by atoms with Crippen LogP contribution in [0.2, 0.25) is 0 Å². The lowest BCUT2D eigenvalue weighted by Crippen LogP contribution is -2.51. The van der Waals surface area contributed by atoms with Gasteiger partial charge in [-0.05, 0) is 52.3 Å². The highest BCUT2D eigenvalue weighted by Crippen LogP contribution is 2.20. The highest BCUT2D eigenvalue weighted by atomic mass is 127. The molecule has 0 aliphatic carbocycles. The fraction of sp³-hybridized carbons (Fsp3) is 0.682. The van der Waals surface area contributed by atoms with Crippen LogP contribution >= 0.6 is 24.0 Å². The lowest BCUT2D eigenvalue weighted by Gasteiger charge is -2.38. The molecule has 1 saturated heterocycles. The van der Waals surface area contributed by atoms with Crippen LogP contribution in [0.25, 0.3) is 0 Å². The van der Waals surface area contributed by atoms with Gasteiger partial charge < -0.3 is 10.6 Å². The molecule has 5 nitrogen and oxygen atoms in total. The number of rotatable bonds is 9. The van der Waals surface area contributed by atoms with Crippen LogP contribution < -0.4 is 10.6 Å². The van der Waals surface area contributed by atoms with E-state index in [2.05, 4.69) is 51.7 Å². The zero-order valence-corrected chi connectivity index (χ0v) is 21.1. The van der Waals surface area contributed by atoms with Crippen molar-refractivity contribution < 1.29 is 13.2 Å². The number of nitrogens with zero attached hydrogens (tertiary/aromatic N) is 3. The molecule has 1 aromatic rings. The number of alkyl halides is 3. The molecule has 1 aliphatic rings. The summed E-state index contributed by atoms with van der Waals surface area (Å²) < 4.78 is 37.2. The number of hydrogen-bond donors (Lipinski definition) is 2. The van der Waals surface area contributed by atoms with Gasteiger partial charge in [-0.25, -0.2) is 0 Å². The molecule has 1 fully saturated rings. The normalized spacial score (nSPS) is 20.4. The Kier molecular flexibility index (Phi) is 12.8. The second-order valence-electron chi connectivity index (χ2n) is 8.14. The third-order valence-corrected chi connectivity index (χ3v) is 5.34. The first kappa shape index (κ1) is 28.0. The molecule has 2 atom stereocenters. The van der Waals surface area contributed by atoms with Crippen molar-refractivity contribution in [1.29, 1.82) is 0 Å². The molecule has 1 aromatic carbocycles. The molecule has 0 saturated carbocycles. The first-order chi connectivity index (χ1) is 14.3. The largest absolute Gasteiger partial charge is 0.401 e. The van der Waals surface area contributed by atoms with Crippen LogP contribution in [0.3, 0.4) is 0 Å². The molecule has 0 radical (unpaired) electrons. The van der Waals surface area contributed by atoms with Gasteiger partial charge in [-0.3, -0.25) is 14.8 Å². The number of likely N-dealkylation sites (tertiary alicyclic amines) is 1. The summed E-state index contributed by atoms with van der Waals surface area (Å²) in [5.74, 6) is 0.754. The molecule has 1 aliphatic heterocycles. The van der Waals surface area contributed by atoms with Gasteiger partial charge in [0.15, 0.2) is 5.96 Å². The Morgan fingerprint density at radius 2 is 1.97 bits per heavy atom. The van der Waals surface area contributed by atoms with Gasteiger partial charge in [0.2, 0.25) is 0 Å². The zero-order valence-electron chi connectivity index (χ0n) is 18.8. The highest BCUT2D eigenvalue weighted by Gasteiger charge is 2.29. The number of piperidine rings is 1. The number of aliphatic imine (C=N–C) groups is 1. The van der Waals surface area contributed by atoms with Crippen LogP contribution in [0.15, 0.2) is 35.3 Å². The van der Waals surface area contributed by atoms with Gasteiger partial charge in [-0.1, -0.05) is 30.3 Å². The van der Waals surface area contributed by atoms with Crippen LogP contribution in [0, 0.1) is 0 Å². The average molecular weight is 555 g/mol. The Labute approximate surface area is 201 Å². The molecular weight excluding hydrogens is 518 g/mol. The zero-order chi connectivity index (χ0) is 22.0. The van der Waals surface area contributed by atoms with Crippen molar-refractivity contribution >= 4 is 29.9 Å². The Balaban J connectivity index is 0.00000480. The summed E-state index contributed by atoms with van der Waals surface area (Å²) in [6.07, 6.45) is -1.49. The van der Waals surface area contributed by atoms with Crippen molar-refractivity contribution in [3.63, 3.8) is 0 Å². The van der Waals surface area contributed by atoms with Crippen LogP contribution in [0.4, 0.5) is 13.2 Å². The summed E-state index contributed by atoms with van der Waals surface area (Å²) in [5.41, 5.74) is 1.33. The van der Waals surface area contributed by atoms with E-state index in [4.69, 9.17) is 0 Å². The average Bonchev–Trinajstić information content (AvgIpc) is 2.67. The topological polar surface area (TPSA) is 42.9 Å². The van der Waals surface area contributed by atoms with Crippen molar-refractivity contribution in [3.8, 4) is 0 Å². The number of hydrogen-bond acceptors (Lipinski definition) is 3. The monoisotopic (exact) mass is 555 g/mol. The van der Waals surface area contributed by atoms with Gasteiger partial charge in [-0.2, -0.15) is 13.2 Å². The fourth-order valence-corrected chi connectivity index (χ4v) is 3.83. The predicted octanol–water partition coefficient (Wildman–Crippen LogP) is 4.10. The number of nitrogens with one attached hydrogen (secondary N) is 2. The van der Waals surface area contributed by atoms with Crippen LogP contribution in [0.1, 0.15) is 38.7 Å². The Morgan fingerprint density at radius 1 is 1.26 bits per heavy atom. The molecule has 178 valence electrons. The summed E-state index contributed by atoms with van der Waals surface area (Å²) in [6.45, 7) is 7.01. The van der Waals surface area contributed by atoms with E-state index in [1.807, 2.05) is 13.0 Å². The minimum atomic E-state index is -4.15. The Morgan fingerprint density at radius 3 is 2.58 bits per heavy atom. The minimum absolute atomic E-state index is 0. The van der Waals surface area contributed by atoms with Gasteiger partial charge in [0.1, 0.15) is 0 Å². The van der Waals surface area contributed by atoms with Gasteiger partial charge >= 0.3 is 6.18 Å². The van der Waals surface area contributed by atoms with Gasteiger partial charge in [-0.15, -0.1) is 24.0 Å². The Hall–Kier alpha value is -1.07. The second kappa shape index (κ2) is 14.2. The smallest absolute Gasteiger partial charge is 0.357 e. The second-order valence-corrected chi connectivity index (χ2v) is 8.14. The molecule has 0 aromatic heterocycles. The standard InChI is InChI=1S/C22H36F3N5.HI/c1-4-26-21(27-12-8-13-29(3)17-22(23,24)25)28-20-11-14-30(18(2)15-20)16-19-9-6-5-7-10-19;/h5-7,9-10,18,20H,4,8,11-17H2,1-3H3,(H2,26,27,28);1H. The molecule has 2 rings (SSSR count). The quantitative estimate of drug-likeness (QED) is 0.209. The third-order valence-electron chi connectivity index (χ3n) is 5.34. The molecule has 2 N–H and O–H groups in total. The van der Waals surface area contributed by atoms with Crippen molar-refractivity contribution in [2.24, 2.45) is 4.99 Å². The van der Waals surface area contributed by atoms with Crippen LogP contribution in [0.5, 0.6) is 0 Å². The highest BCUT2D eigenvalue weighted by molar-refractivity contribution is 14.0. The molecule has 0 amide bonds. The van der Waals surface area contributed by atoms with Gasteiger partial charge in [0.05, 0.1) is 6.54 Å². The van der Waals surface area contributed by atoms with Gasteiger partial charge in [0, 0.05) is 38.3 Å². The van der Waals surface area contributed by atoms with E-state index in [1.165, 1.54) is 17.5 Å². The summed E-state index contributed by atoms with van der Waals surface area (Å²) in [6, 6.07) is 11.3. The van der Waals surface area contributed by atoms with Crippen LogP contribution in [-0.4, -0.2) is 73.8 Å². The Bertz CT molecular complexity index is 642. The van der Waals surface area contributed by atoms with Crippen molar-refractivity contribution in [3.05, 3.63) is 35.9 Å². The van der Waals surface area contributed by atoms with Crippen molar-refractivity contribution in [2.75, 3.05) is 39.8 Å². The summed E-state index contributed by atoms with van der Waals surface area (Å²) in [4.78, 5) is 8.36. The lowest BCUT2D eigenvalue weighted by atomic mass is 9.97.